The molecule has 2 aliphatic rings. The van der Waals surface area contributed by atoms with Crippen LogP contribution in [0, 0.1) is 5.92 Å². The average molecular weight is 269 g/mol. The van der Waals surface area contributed by atoms with E-state index in [9.17, 15) is 0 Å². The minimum atomic E-state index is 0. The minimum absolute atomic E-state index is 0. The lowest BCUT2D eigenvalue weighted by atomic mass is 9.98. The maximum absolute atomic E-state index is 6.06. The molecule has 4 heteroatoms. The Morgan fingerprint density at radius 3 is 3.06 bits per heavy atom. The molecule has 1 aromatic rings. The Morgan fingerprint density at radius 2 is 2.28 bits per heavy atom. The van der Waals surface area contributed by atoms with Crippen LogP contribution in [-0.2, 0) is 11.2 Å². The molecule has 3 nitrogen and oxygen atoms in total. The number of hydrogen-bond acceptors (Lipinski definition) is 3. The monoisotopic (exact) mass is 268 g/mol. The molecular formula is C14H21ClN2O. The van der Waals surface area contributed by atoms with Crippen molar-refractivity contribution in [2.45, 2.75) is 19.3 Å². The van der Waals surface area contributed by atoms with Crippen molar-refractivity contribution in [2.24, 2.45) is 5.92 Å². The van der Waals surface area contributed by atoms with E-state index in [1.165, 1.54) is 24.1 Å². The molecule has 1 aromatic carbocycles. The fourth-order valence-corrected chi connectivity index (χ4v) is 2.96. The number of nitrogen functional groups attached to an aromatic ring is 1. The second-order valence-corrected chi connectivity index (χ2v) is 5.12. The highest BCUT2D eigenvalue weighted by Crippen LogP contribution is 2.32. The number of benzene rings is 1. The average Bonchev–Trinajstić information content (AvgIpc) is 2.83. The van der Waals surface area contributed by atoms with Crippen LogP contribution >= 0.6 is 12.4 Å². The van der Waals surface area contributed by atoms with E-state index in [2.05, 4.69) is 17.0 Å². The summed E-state index contributed by atoms with van der Waals surface area (Å²) in [5.74, 6) is 0.697. The molecule has 0 radical (unpaired) electrons. The Hall–Kier alpha value is -0.930. The van der Waals surface area contributed by atoms with Gasteiger partial charge in [0.1, 0.15) is 0 Å². The molecule has 0 spiro atoms. The maximum Gasteiger partial charge on any atom is 0.0512 e. The third kappa shape index (κ3) is 2.57. The third-order valence-electron chi connectivity index (χ3n) is 3.89. The summed E-state index contributed by atoms with van der Waals surface area (Å²) in [6, 6.07) is 6.29. The summed E-state index contributed by atoms with van der Waals surface area (Å²) in [4.78, 5) is 2.49. The molecule has 1 atom stereocenters. The lowest BCUT2D eigenvalue weighted by Gasteiger charge is -2.33. The number of nitrogens with two attached hydrogens (primary N) is 1. The van der Waals surface area contributed by atoms with Crippen molar-refractivity contribution >= 4 is 23.8 Å². The first-order valence-corrected chi connectivity index (χ1v) is 6.54. The van der Waals surface area contributed by atoms with Crippen LogP contribution < -0.4 is 10.6 Å². The van der Waals surface area contributed by atoms with Gasteiger partial charge in [0.25, 0.3) is 0 Å². The quantitative estimate of drug-likeness (QED) is 0.838. The Bertz CT molecular complexity index is 405. The summed E-state index contributed by atoms with van der Waals surface area (Å²) in [5, 5.41) is 0. The van der Waals surface area contributed by atoms with Gasteiger partial charge in [0, 0.05) is 37.0 Å². The highest BCUT2D eigenvalue weighted by Gasteiger charge is 2.23. The molecule has 0 amide bonds. The molecule has 1 fully saturated rings. The molecule has 1 unspecified atom stereocenters. The minimum Gasteiger partial charge on any atom is -0.398 e. The molecule has 2 aliphatic heterocycles. The zero-order valence-electron chi connectivity index (χ0n) is 10.6. The van der Waals surface area contributed by atoms with Gasteiger partial charge >= 0.3 is 0 Å². The predicted molar refractivity (Wildman–Crippen MR) is 77.6 cm³/mol. The fourth-order valence-electron chi connectivity index (χ4n) is 2.96. The first-order valence-electron chi connectivity index (χ1n) is 6.54. The third-order valence-corrected chi connectivity index (χ3v) is 3.89. The van der Waals surface area contributed by atoms with Gasteiger partial charge in [0.2, 0.25) is 0 Å². The number of fused-ring (bicyclic) bond motifs is 1. The zero-order chi connectivity index (χ0) is 11.7. The summed E-state index contributed by atoms with van der Waals surface area (Å²) in [6.45, 7) is 4.14. The van der Waals surface area contributed by atoms with E-state index in [0.29, 0.717) is 5.92 Å². The van der Waals surface area contributed by atoms with Crippen LogP contribution in [0.5, 0.6) is 0 Å². The van der Waals surface area contributed by atoms with Crippen LogP contribution in [0.1, 0.15) is 18.4 Å². The van der Waals surface area contributed by atoms with Crippen LogP contribution in [0.15, 0.2) is 18.2 Å². The Morgan fingerprint density at radius 1 is 1.39 bits per heavy atom. The van der Waals surface area contributed by atoms with E-state index >= 15 is 0 Å². The predicted octanol–water partition coefficient (Wildman–Crippen LogP) is 2.48. The molecule has 0 bridgehead atoms. The summed E-state index contributed by atoms with van der Waals surface area (Å²) in [5.41, 5.74) is 9.71. The molecule has 100 valence electrons. The number of hydrogen-bond donors (Lipinski definition) is 1. The normalized spacial score (nSPS) is 22.4. The smallest absolute Gasteiger partial charge is 0.0512 e. The van der Waals surface area contributed by atoms with Gasteiger partial charge in [-0.2, -0.15) is 0 Å². The van der Waals surface area contributed by atoms with Crippen molar-refractivity contribution in [1.29, 1.82) is 0 Å². The van der Waals surface area contributed by atoms with Crippen molar-refractivity contribution in [2.75, 3.05) is 36.9 Å². The van der Waals surface area contributed by atoms with E-state index < -0.39 is 0 Å². The fraction of sp³-hybridized carbons (Fsp3) is 0.571. The summed E-state index contributed by atoms with van der Waals surface area (Å²) >= 11 is 0. The number of halogens is 1. The molecule has 2 N–H and O–H groups in total. The molecule has 1 saturated heterocycles. The van der Waals surface area contributed by atoms with Crippen molar-refractivity contribution in [3.05, 3.63) is 23.8 Å². The van der Waals surface area contributed by atoms with Crippen molar-refractivity contribution in [3.8, 4) is 0 Å². The van der Waals surface area contributed by atoms with Crippen molar-refractivity contribution in [1.82, 2.24) is 0 Å². The van der Waals surface area contributed by atoms with Crippen molar-refractivity contribution < 1.29 is 4.74 Å². The van der Waals surface area contributed by atoms with E-state index in [1.807, 2.05) is 6.07 Å². The topological polar surface area (TPSA) is 38.5 Å². The lowest BCUT2D eigenvalue weighted by Crippen LogP contribution is -2.34. The molecule has 0 aromatic heterocycles. The molecular weight excluding hydrogens is 248 g/mol. The van der Waals surface area contributed by atoms with Gasteiger partial charge in [-0.3, -0.25) is 0 Å². The first kappa shape index (κ1) is 13.5. The lowest BCUT2D eigenvalue weighted by molar-refractivity contribution is 0.186. The summed E-state index contributed by atoms with van der Waals surface area (Å²) < 4.78 is 5.46. The van der Waals surface area contributed by atoms with Crippen LogP contribution in [0.2, 0.25) is 0 Å². The summed E-state index contributed by atoms with van der Waals surface area (Å²) in [7, 11) is 0. The largest absolute Gasteiger partial charge is 0.398 e. The van der Waals surface area contributed by atoms with Crippen LogP contribution in [0.3, 0.4) is 0 Å². The Balaban J connectivity index is 0.00000120. The second kappa shape index (κ2) is 5.81. The Kier molecular flexibility index (Phi) is 4.36. The van der Waals surface area contributed by atoms with Gasteiger partial charge in [0.05, 0.1) is 6.61 Å². The number of ether oxygens (including phenoxy) is 1. The molecule has 3 rings (SSSR count). The maximum atomic E-state index is 6.06. The zero-order valence-corrected chi connectivity index (χ0v) is 11.4. The number of anilines is 2. The second-order valence-electron chi connectivity index (χ2n) is 5.12. The molecule has 0 saturated carbocycles. The number of nitrogens with zero attached hydrogens (tertiary/aromatic N) is 1. The Labute approximate surface area is 115 Å². The van der Waals surface area contributed by atoms with Crippen LogP contribution in [0.25, 0.3) is 0 Å². The van der Waals surface area contributed by atoms with E-state index in [-0.39, 0.29) is 12.4 Å². The van der Waals surface area contributed by atoms with E-state index in [0.717, 1.165) is 38.4 Å². The van der Waals surface area contributed by atoms with E-state index in [1.54, 1.807) is 0 Å². The molecule has 2 heterocycles. The van der Waals surface area contributed by atoms with E-state index in [4.69, 9.17) is 10.5 Å². The van der Waals surface area contributed by atoms with Gasteiger partial charge in [0.15, 0.2) is 0 Å². The van der Waals surface area contributed by atoms with Crippen molar-refractivity contribution in [3.63, 3.8) is 0 Å². The first-order chi connectivity index (χ1) is 8.34. The van der Waals surface area contributed by atoms with Crippen LogP contribution in [-0.4, -0.2) is 26.3 Å². The van der Waals surface area contributed by atoms with Gasteiger partial charge in [-0.1, -0.05) is 6.07 Å². The van der Waals surface area contributed by atoms with Gasteiger partial charge in [-0.15, -0.1) is 12.4 Å². The van der Waals surface area contributed by atoms with Gasteiger partial charge < -0.3 is 15.4 Å². The standard InChI is InChI=1S/C14H20N2O.ClH/c15-13-4-1-5-14-12(13)3-2-7-16(14)9-11-6-8-17-10-11;/h1,4-5,11H,2-3,6-10,15H2;1H. The highest BCUT2D eigenvalue weighted by atomic mass is 35.5. The SMILES string of the molecule is Cl.Nc1cccc2c1CCCN2CC1CCOC1. The van der Waals surface area contributed by atoms with Crippen LogP contribution in [0.4, 0.5) is 11.4 Å². The molecule has 0 aliphatic carbocycles. The van der Waals surface area contributed by atoms with Gasteiger partial charge in [-0.05, 0) is 37.0 Å². The highest BCUT2D eigenvalue weighted by molar-refractivity contribution is 5.85. The molecule has 18 heavy (non-hydrogen) atoms. The number of rotatable bonds is 2. The summed E-state index contributed by atoms with van der Waals surface area (Å²) in [6.07, 6.45) is 3.54. The van der Waals surface area contributed by atoms with Gasteiger partial charge in [-0.25, -0.2) is 0 Å².